The van der Waals surface area contributed by atoms with Crippen molar-refractivity contribution in [2.24, 2.45) is 4.99 Å². The third-order valence-corrected chi connectivity index (χ3v) is 4.92. The summed E-state index contributed by atoms with van der Waals surface area (Å²) in [5, 5.41) is 6.66. The number of benzene rings is 1. The summed E-state index contributed by atoms with van der Waals surface area (Å²) in [4.78, 5) is 17.8. The van der Waals surface area contributed by atoms with Gasteiger partial charge in [0.05, 0.1) is 6.10 Å². The quantitative estimate of drug-likeness (QED) is 0.556. The number of hydrogen-bond acceptors (Lipinski definition) is 3. The smallest absolute Gasteiger partial charge is 0.243 e. The van der Waals surface area contributed by atoms with Crippen molar-refractivity contribution >= 4 is 11.9 Å². The van der Waals surface area contributed by atoms with Gasteiger partial charge in [-0.1, -0.05) is 45.0 Å². The largest absolute Gasteiger partial charge is 0.376 e. The van der Waals surface area contributed by atoms with Gasteiger partial charge in [0.1, 0.15) is 6.54 Å². The molecule has 1 aromatic rings. The number of rotatable bonds is 7. The maximum atomic E-state index is 11.9. The van der Waals surface area contributed by atoms with Crippen LogP contribution in [-0.2, 0) is 21.4 Å². The minimum absolute atomic E-state index is 0.0176. The van der Waals surface area contributed by atoms with Crippen LogP contribution in [0, 0.1) is 0 Å². The van der Waals surface area contributed by atoms with E-state index >= 15 is 0 Å². The first-order valence-corrected chi connectivity index (χ1v) is 10.2. The fourth-order valence-corrected chi connectivity index (χ4v) is 2.97. The Labute approximate surface area is 169 Å². The van der Waals surface area contributed by atoms with Gasteiger partial charge in [-0.25, -0.2) is 4.99 Å². The lowest BCUT2D eigenvalue weighted by molar-refractivity contribution is -0.127. The van der Waals surface area contributed by atoms with Crippen molar-refractivity contribution in [1.29, 1.82) is 0 Å². The molecule has 28 heavy (non-hydrogen) atoms. The molecule has 0 aromatic heterocycles. The molecule has 156 valence electrons. The summed E-state index contributed by atoms with van der Waals surface area (Å²) >= 11 is 0. The van der Waals surface area contributed by atoms with Crippen LogP contribution in [0.15, 0.2) is 29.3 Å². The predicted octanol–water partition coefficient (Wildman–Crippen LogP) is 2.33. The second-order valence-corrected chi connectivity index (χ2v) is 8.59. The van der Waals surface area contributed by atoms with Gasteiger partial charge in [-0.2, -0.15) is 0 Å². The first kappa shape index (κ1) is 22.2. The molecule has 2 N–H and O–H groups in total. The molecule has 6 nitrogen and oxygen atoms in total. The summed E-state index contributed by atoms with van der Waals surface area (Å²) in [6.45, 7) is 9.10. The second kappa shape index (κ2) is 10.5. The maximum Gasteiger partial charge on any atom is 0.243 e. The Morgan fingerprint density at radius 1 is 1.21 bits per heavy atom. The van der Waals surface area contributed by atoms with Gasteiger partial charge in [-0.3, -0.25) is 4.79 Å². The molecule has 1 atom stereocenters. The highest BCUT2D eigenvalue weighted by Crippen LogP contribution is 2.22. The van der Waals surface area contributed by atoms with Crippen LogP contribution in [-0.4, -0.2) is 63.2 Å². The van der Waals surface area contributed by atoms with Gasteiger partial charge in [0.25, 0.3) is 0 Å². The number of carbonyl (C=O) groups excluding carboxylic acids is 1. The lowest BCUT2D eigenvalue weighted by Gasteiger charge is -2.19. The van der Waals surface area contributed by atoms with Crippen molar-refractivity contribution in [1.82, 2.24) is 15.5 Å². The van der Waals surface area contributed by atoms with Crippen molar-refractivity contribution in [2.75, 3.05) is 40.3 Å². The molecule has 0 spiro atoms. The van der Waals surface area contributed by atoms with E-state index in [1.807, 2.05) is 0 Å². The summed E-state index contributed by atoms with van der Waals surface area (Å²) in [5.74, 6) is 0.646. The summed E-state index contributed by atoms with van der Waals surface area (Å²) in [5.41, 5.74) is 2.79. The zero-order chi connectivity index (χ0) is 20.6. The average Bonchev–Trinajstić information content (AvgIpc) is 3.16. The molecule has 6 heteroatoms. The predicted molar refractivity (Wildman–Crippen MR) is 115 cm³/mol. The second-order valence-electron chi connectivity index (χ2n) is 8.59. The maximum absolute atomic E-state index is 11.9. The van der Waals surface area contributed by atoms with E-state index < -0.39 is 0 Å². The number of likely N-dealkylation sites (N-methyl/N-ethyl adjacent to an activating group) is 1. The van der Waals surface area contributed by atoms with Crippen LogP contribution >= 0.6 is 0 Å². The zero-order valence-electron chi connectivity index (χ0n) is 18.0. The Kier molecular flexibility index (Phi) is 8.30. The van der Waals surface area contributed by atoms with Gasteiger partial charge in [-0.05, 0) is 35.8 Å². The first-order chi connectivity index (χ1) is 13.3. The van der Waals surface area contributed by atoms with Gasteiger partial charge >= 0.3 is 0 Å². The van der Waals surface area contributed by atoms with Crippen molar-refractivity contribution in [3.63, 3.8) is 0 Å². The lowest BCUT2D eigenvalue weighted by Crippen LogP contribution is -2.42. The van der Waals surface area contributed by atoms with Crippen LogP contribution in [0.1, 0.15) is 44.7 Å². The number of guanidine groups is 1. The van der Waals surface area contributed by atoms with Gasteiger partial charge < -0.3 is 20.3 Å². The summed E-state index contributed by atoms with van der Waals surface area (Å²) in [7, 11) is 3.48. The van der Waals surface area contributed by atoms with Crippen molar-refractivity contribution in [3.8, 4) is 0 Å². The van der Waals surface area contributed by atoms with Crippen LogP contribution in [0.2, 0.25) is 0 Å². The SMILES string of the molecule is CN(C)C(=O)CN=C(NCCc1ccc(C(C)(C)C)cc1)NCC1CCCO1. The van der Waals surface area contributed by atoms with Gasteiger partial charge in [0.15, 0.2) is 5.96 Å². The highest BCUT2D eigenvalue weighted by molar-refractivity contribution is 5.84. The van der Waals surface area contributed by atoms with Gasteiger partial charge in [0, 0.05) is 33.8 Å². The number of hydrogen-bond donors (Lipinski definition) is 2. The van der Waals surface area contributed by atoms with Crippen molar-refractivity contribution in [2.45, 2.75) is 51.6 Å². The van der Waals surface area contributed by atoms with Crippen molar-refractivity contribution < 1.29 is 9.53 Å². The molecule has 1 unspecified atom stereocenters. The standard InChI is InChI=1S/C22H36N4O2/c1-22(2,3)18-10-8-17(9-11-18)12-13-23-21(25-16-20(27)26(4)5)24-15-19-7-6-14-28-19/h8-11,19H,6-7,12-16H2,1-5H3,(H2,23,24,25). The molecule has 1 fully saturated rings. The topological polar surface area (TPSA) is 66.0 Å². The van der Waals surface area contributed by atoms with E-state index in [0.717, 1.165) is 32.4 Å². The molecule has 0 aliphatic carbocycles. The summed E-state index contributed by atoms with van der Waals surface area (Å²) in [6.07, 6.45) is 3.29. The van der Waals surface area contributed by atoms with E-state index in [0.29, 0.717) is 12.5 Å². The summed E-state index contributed by atoms with van der Waals surface area (Å²) < 4.78 is 5.66. The van der Waals surface area contributed by atoms with E-state index in [1.54, 1.807) is 19.0 Å². The molecule has 1 aromatic carbocycles. The third kappa shape index (κ3) is 7.50. The molecule has 1 amide bonds. The van der Waals surface area contributed by atoms with E-state index in [2.05, 4.69) is 60.7 Å². The highest BCUT2D eigenvalue weighted by atomic mass is 16.5. The molecule has 0 bridgehead atoms. The Morgan fingerprint density at radius 2 is 1.93 bits per heavy atom. The van der Waals surface area contributed by atoms with Crippen LogP contribution in [0.3, 0.4) is 0 Å². The van der Waals surface area contributed by atoms with Gasteiger partial charge in [0.2, 0.25) is 5.91 Å². The Morgan fingerprint density at radius 3 is 2.50 bits per heavy atom. The Balaban J connectivity index is 1.87. The fourth-order valence-electron chi connectivity index (χ4n) is 2.97. The van der Waals surface area contributed by atoms with E-state index in [1.165, 1.54) is 11.1 Å². The minimum Gasteiger partial charge on any atom is -0.376 e. The van der Waals surface area contributed by atoms with E-state index in [-0.39, 0.29) is 24.0 Å². The molecule has 1 saturated heterocycles. The van der Waals surface area contributed by atoms with Crippen LogP contribution < -0.4 is 10.6 Å². The fraction of sp³-hybridized carbons (Fsp3) is 0.636. The molecule has 1 aliphatic rings. The van der Waals surface area contributed by atoms with E-state index in [9.17, 15) is 4.79 Å². The Hall–Kier alpha value is -2.08. The molecule has 0 saturated carbocycles. The molecule has 0 radical (unpaired) electrons. The minimum atomic E-state index is -0.0176. The third-order valence-electron chi connectivity index (χ3n) is 4.92. The lowest BCUT2D eigenvalue weighted by atomic mass is 9.86. The first-order valence-electron chi connectivity index (χ1n) is 10.2. The number of nitrogens with zero attached hydrogens (tertiary/aromatic N) is 2. The van der Waals surface area contributed by atoms with E-state index in [4.69, 9.17) is 4.74 Å². The number of ether oxygens (including phenoxy) is 1. The number of nitrogens with one attached hydrogen (secondary N) is 2. The van der Waals surface area contributed by atoms with Crippen LogP contribution in [0.25, 0.3) is 0 Å². The van der Waals surface area contributed by atoms with Crippen LogP contribution in [0.4, 0.5) is 0 Å². The normalized spacial score (nSPS) is 17.5. The molecule has 2 rings (SSSR count). The van der Waals surface area contributed by atoms with Crippen LogP contribution in [0.5, 0.6) is 0 Å². The summed E-state index contributed by atoms with van der Waals surface area (Å²) in [6, 6.07) is 8.79. The monoisotopic (exact) mass is 388 g/mol. The number of aliphatic imine (C=N–C) groups is 1. The zero-order valence-corrected chi connectivity index (χ0v) is 18.0. The van der Waals surface area contributed by atoms with Crippen molar-refractivity contribution in [3.05, 3.63) is 35.4 Å². The Bertz CT molecular complexity index is 641. The average molecular weight is 389 g/mol. The highest BCUT2D eigenvalue weighted by Gasteiger charge is 2.16. The van der Waals surface area contributed by atoms with Gasteiger partial charge in [-0.15, -0.1) is 0 Å². The molecule has 1 aliphatic heterocycles. The molecular formula is C22H36N4O2. The molecular weight excluding hydrogens is 352 g/mol. The number of amides is 1. The number of carbonyl (C=O) groups is 1. The molecule has 1 heterocycles.